The summed E-state index contributed by atoms with van der Waals surface area (Å²) >= 11 is 0. The maximum Gasteiger partial charge on any atom is 0 e. The molecular weight excluding hydrogens is 454 g/mol. The molecule has 3 aliphatic carbocycles. The molecule has 3 unspecified atom stereocenters. The van der Waals surface area contributed by atoms with Gasteiger partial charge in [-0.05, 0) is 50.4 Å². The summed E-state index contributed by atoms with van der Waals surface area (Å²) in [6, 6.07) is 0. The van der Waals surface area contributed by atoms with Crippen LogP contribution in [-0.4, -0.2) is 0 Å². The molecule has 0 aromatic rings. The van der Waals surface area contributed by atoms with Crippen LogP contribution in [0.15, 0.2) is 12.2 Å². The number of allylic oxidation sites excluding steroid dienone is 2. The molecule has 0 saturated heterocycles. The quantitative estimate of drug-likeness (QED) is 0.292. The van der Waals surface area contributed by atoms with E-state index in [0.29, 0.717) is 0 Å². The summed E-state index contributed by atoms with van der Waals surface area (Å²) in [4.78, 5) is 0. The molecule has 0 aromatic heterocycles. The number of hydrogen-bond donors (Lipinski definition) is 0. The Labute approximate surface area is 208 Å². The average molecular weight is 493 g/mol. The van der Waals surface area contributed by atoms with Gasteiger partial charge in [0.15, 0.2) is 0 Å². The summed E-state index contributed by atoms with van der Waals surface area (Å²) in [6.07, 6.45) is 22.4. The minimum absolute atomic E-state index is 0. The normalized spacial score (nSPS) is 42.4. The predicted octanol–water partition coefficient (Wildman–Crippen LogP) is 7.06. The van der Waals surface area contributed by atoms with E-state index in [-0.39, 0.29) is 65.4 Å². The Kier molecular flexibility index (Phi) is 12.5. The predicted molar refractivity (Wildman–Crippen MR) is 101 cm³/mol. The van der Waals surface area contributed by atoms with Gasteiger partial charge in [-0.25, -0.2) is 0 Å². The molecule has 3 rings (SSSR count). The van der Waals surface area contributed by atoms with Crippen LogP contribution in [-0.2, 0) is 65.4 Å². The summed E-state index contributed by atoms with van der Waals surface area (Å²) in [5.74, 6) is 6.75. The van der Waals surface area contributed by atoms with E-state index in [1.165, 1.54) is 64.2 Å². The Morgan fingerprint density at radius 3 is 1.88 bits per heavy atom. The molecule has 3 fully saturated rings. The minimum atomic E-state index is 0. The van der Waals surface area contributed by atoms with Crippen molar-refractivity contribution in [3.8, 4) is 0 Å². The van der Waals surface area contributed by atoms with Crippen molar-refractivity contribution in [3.05, 3.63) is 18.6 Å². The van der Waals surface area contributed by atoms with Gasteiger partial charge in [0.2, 0.25) is 0 Å². The molecule has 0 heterocycles. The molecular formula is C23H39Y2-. The Hall–Kier alpha value is 1.95. The van der Waals surface area contributed by atoms with Crippen molar-refractivity contribution in [1.29, 1.82) is 0 Å². The fourth-order valence-electron chi connectivity index (χ4n) is 6.09. The van der Waals surface area contributed by atoms with Crippen molar-refractivity contribution in [2.45, 2.75) is 85.0 Å². The van der Waals surface area contributed by atoms with Crippen LogP contribution in [0.5, 0.6) is 0 Å². The molecule has 3 atom stereocenters. The fourth-order valence-corrected chi connectivity index (χ4v) is 6.09. The van der Waals surface area contributed by atoms with E-state index in [9.17, 15) is 0 Å². The van der Waals surface area contributed by atoms with E-state index in [4.69, 9.17) is 0 Å². The zero-order chi connectivity index (χ0) is 16.2. The molecule has 0 aliphatic heterocycles. The smallest absolute Gasteiger partial charge is 0 e. The Morgan fingerprint density at radius 2 is 1.32 bits per heavy atom. The molecule has 25 heavy (non-hydrogen) atoms. The van der Waals surface area contributed by atoms with Gasteiger partial charge in [-0.15, -0.1) is 0 Å². The molecule has 0 N–H and O–H groups in total. The first kappa shape index (κ1) is 25.0. The minimum Gasteiger partial charge on any atom is -0.322 e. The zero-order valence-corrected chi connectivity index (χ0v) is 22.7. The Morgan fingerprint density at radius 1 is 0.720 bits per heavy atom. The molecule has 3 saturated carbocycles. The first-order valence-electron chi connectivity index (χ1n) is 10.6. The average Bonchev–Trinajstić information content (AvgIpc) is 2.57. The van der Waals surface area contributed by atoms with Gasteiger partial charge in [0, 0.05) is 65.4 Å². The van der Waals surface area contributed by atoms with Gasteiger partial charge in [0.05, 0.1) is 0 Å². The van der Waals surface area contributed by atoms with E-state index >= 15 is 0 Å². The van der Waals surface area contributed by atoms with Crippen molar-refractivity contribution in [1.82, 2.24) is 0 Å². The topological polar surface area (TPSA) is 0 Å². The maximum absolute atomic E-state index is 2.81. The third kappa shape index (κ3) is 7.05. The van der Waals surface area contributed by atoms with Gasteiger partial charge in [0.25, 0.3) is 0 Å². The molecule has 0 bridgehead atoms. The van der Waals surface area contributed by atoms with Crippen molar-refractivity contribution in [3.63, 3.8) is 0 Å². The standard InChI is InChI=1S/C23H39.2Y/c1-4-5-19-8-12-21(13-9-19)23-15-14-22(16-18(23)3)20-10-6-17(2)7-11-20;;/h4-5,16-23H,6-15H2,1-3H3;;/q-1;;/b5-4+;;. The summed E-state index contributed by atoms with van der Waals surface area (Å²) in [7, 11) is 0. The van der Waals surface area contributed by atoms with E-state index in [2.05, 4.69) is 39.3 Å². The third-order valence-electron chi connectivity index (χ3n) is 7.61. The summed E-state index contributed by atoms with van der Waals surface area (Å²) in [5, 5.41) is 0. The van der Waals surface area contributed by atoms with Crippen LogP contribution in [0.3, 0.4) is 0 Å². The van der Waals surface area contributed by atoms with Crippen LogP contribution in [0.4, 0.5) is 0 Å². The van der Waals surface area contributed by atoms with Gasteiger partial charge in [-0.3, -0.25) is 0 Å². The molecule has 138 valence electrons. The van der Waals surface area contributed by atoms with Gasteiger partial charge >= 0.3 is 0 Å². The summed E-state index contributed by atoms with van der Waals surface area (Å²) in [5.41, 5.74) is 0. The monoisotopic (exact) mass is 493 g/mol. The first-order valence-corrected chi connectivity index (χ1v) is 10.6. The van der Waals surface area contributed by atoms with Crippen LogP contribution < -0.4 is 0 Å². The molecule has 2 radical (unpaired) electrons. The number of rotatable bonds is 3. The van der Waals surface area contributed by atoms with Crippen molar-refractivity contribution in [2.75, 3.05) is 0 Å². The van der Waals surface area contributed by atoms with E-state index in [1.54, 1.807) is 0 Å². The van der Waals surface area contributed by atoms with Gasteiger partial charge in [0.1, 0.15) is 0 Å². The van der Waals surface area contributed by atoms with E-state index < -0.39 is 0 Å². The van der Waals surface area contributed by atoms with Crippen molar-refractivity contribution in [2.24, 2.45) is 41.4 Å². The second kappa shape index (κ2) is 12.5. The van der Waals surface area contributed by atoms with Crippen LogP contribution >= 0.6 is 0 Å². The van der Waals surface area contributed by atoms with Gasteiger partial charge in [-0.2, -0.15) is 11.8 Å². The second-order valence-corrected chi connectivity index (χ2v) is 9.18. The maximum atomic E-state index is 2.81. The van der Waals surface area contributed by atoms with Gasteiger partial charge < -0.3 is 6.42 Å². The molecule has 0 spiro atoms. The van der Waals surface area contributed by atoms with E-state index in [0.717, 1.165) is 41.4 Å². The summed E-state index contributed by atoms with van der Waals surface area (Å²) < 4.78 is 0. The SMILES string of the molecule is C/C=C/C1CCC(C2CCC(C3CCC(C)CC3)[CH-]C2C)CC1.[Y].[Y]. The van der Waals surface area contributed by atoms with Crippen LogP contribution in [0.1, 0.15) is 85.0 Å². The van der Waals surface area contributed by atoms with Crippen molar-refractivity contribution >= 4 is 0 Å². The first-order chi connectivity index (χ1) is 11.2. The van der Waals surface area contributed by atoms with Crippen molar-refractivity contribution < 1.29 is 65.4 Å². The molecule has 0 aromatic carbocycles. The molecule has 0 nitrogen and oxygen atoms in total. The van der Waals surface area contributed by atoms with Crippen LogP contribution in [0, 0.1) is 47.8 Å². The Bertz CT molecular complexity index is 376. The fraction of sp³-hybridized carbons (Fsp3) is 0.870. The molecule has 3 aliphatic rings. The largest absolute Gasteiger partial charge is 0.322 e. The third-order valence-corrected chi connectivity index (χ3v) is 7.61. The van der Waals surface area contributed by atoms with Crippen LogP contribution in [0.25, 0.3) is 0 Å². The van der Waals surface area contributed by atoms with Crippen LogP contribution in [0.2, 0.25) is 0 Å². The van der Waals surface area contributed by atoms with Gasteiger partial charge in [-0.1, -0.05) is 76.4 Å². The zero-order valence-electron chi connectivity index (χ0n) is 17.0. The summed E-state index contributed by atoms with van der Waals surface area (Å²) in [6.45, 7) is 7.17. The Balaban J connectivity index is 0.00000156. The van der Waals surface area contributed by atoms with E-state index in [1.807, 2.05) is 0 Å². The number of hydrogen-bond acceptors (Lipinski definition) is 0. The molecule has 0 amide bonds. The molecule has 2 heteroatoms. The second-order valence-electron chi connectivity index (χ2n) is 9.18.